The summed E-state index contributed by atoms with van der Waals surface area (Å²) in [6, 6.07) is 7.60. The minimum atomic E-state index is -0.136. The maximum Gasteiger partial charge on any atom is 0.194 e. The quantitative estimate of drug-likeness (QED) is 0.687. The fourth-order valence-corrected chi connectivity index (χ4v) is 2.94. The van der Waals surface area contributed by atoms with Crippen molar-refractivity contribution in [2.75, 3.05) is 37.6 Å². The molecule has 4 nitrogen and oxygen atoms in total. The van der Waals surface area contributed by atoms with Gasteiger partial charge in [-0.3, -0.25) is 4.99 Å². The number of guanidine groups is 1. The molecule has 2 unspecified atom stereocenters. The van der Waals surface area contributed by atoms with Crippen LogP contribution in [0.2, 0.25) is 0 Å². The van der Waals surface area contributed by atoms with E-state index in [1.807, 2.05) is 12.1 Å². The summed E-state index contributed by atoms with van der Waals surface area (Å²) >= 11 is 0. The molecule has 5 heteroatoms. The van der Waals surface area contributed by atoms with Crippen LogP contribution in [0.1, 0.15) is 20.3 Å². The topological polar surface area (TPSA) is 30.9 Å². The highest BCUT2D eigenvalue weighted by atomic mass is 19.1. The standard InChI is InChI=1S/C17H25FN4/c1-3-19-17(20-15-12-13(15)2)22-10-8-21(9-11-22)16-7-5-4-6-14(16)18/h4-7,13,15H,3,8-12H2,1-2H3,(H,19,20). The molecule has 0 bridgehead atoms. The monoisotopic (exact) mass is 304 g/mol. The van der Waals surface area contributed by atoms with Crippen molar-refractivity contribution in [3.63, 3.8) is 0 Å². The molecule has 1 aliphatic carbocycles. The summed E-state index contributed by atoms with van der Waals surface area (Å²) in [5, 5.41) is 3.56. The van der Waals surface area contributed by atoms with Gasteiger partial charge in [-0.05, 0) is 31.4 Å². The summed E-state index contributed by atoms with van der Waals surface area (Å²) in [7, 11) is 0. The van der Waals surface area contributed by atoms with Crippen molar-refractivity contribution in [2.24, 2.45) is 10.9 Å². The van der Waals surface area contributed by atoms with Gasteiger partial charge in [0.1, 0.15) is 5.82 Å². The predicted molar refractivity (Wildman–Crippen MR) is 88.9 cm³/mol. The Morgan fingerprint density at radius 2 is 1.95 bits per heavy atom. The number of hydrogen-bond donors (Lipinski definition) is 1. The molecule has 1 aliphatic heterocycles. The molecule has 1 saturated carbocycles. The van der Waals surface area contributed by atoms with E-state index in [2.05, 4.69) is 34.0 Å². The smallest absolute Gasteiger partial charge is 0.194 e. The van der Waals surface area contributed by atoms with Gasteiger partial charge < -0.3 is 15.1 Å². The first-order valence-corrected chi connectivity index (χ1v) is 8.24. The number of hydrogen-bond acceptors (Lipinski definition) is 2. The maximum atomic E-state index is 13.9. The molecule has 1 saturated heterocycles. The number of rotatable bonds is 3. The van der Waals surface area contributed by atoms with Crippen LogP contribution in [-0.4, -0.2) is 49.6 Å². The highest BCUT2D eigenvalue weighted by Crippen LogP contribution is 2.29. The lowest BCUT2D eigenvalue weighted by molar-refractivity contribution is 0.369. The zero-order valence-corrected chi connectivity index (χ0v) is 13.4. The molecule has 1 aromatic rings. The van der Waals surface area contributed by atoms with Gasteiger partial charge in [-0.15, -0.1) is 0 Å². The maximum absolute atomic E-state index is 13.9. The van der Waals surface area contributed by atoms with Gasteiger partial charge in [0.05, 0.1) is 5.69 Å². The molecule has 2 aliphatic rings. The summed E-state index contributed by atoms with van der Waals surface area (Å²) in [6.07, 6.45) is 1.23. The Balaban J connectivity index is 1.60. The number of nitrogens with zero attached hydrogens (tertiary/aromatic N) is 3. The zero-order valence-electron chi connectivity index (χ0n) is 13.4. The number of aliphatic imine (C=N–C) groups is 1. The molecule has 0 radical (unpaired) electrons. The molecule has 22 heavy (non-hydrogen) atoms. The van der Waals surface area contributed by atoms with Crippen LogP contribution in [-0.2, 0) is 0 Å². The second-order valence-electron chi connectivity index (χ2n) is 6.19. The number of piperazine rings is 1. The van der Waals surface area contributed by atoms with E-state index in [0.29, 0.717) is 11.7 Å². The molecule has 3 rings (SSSR count). The highest BCUT2D eigenvalue weighted by Gasteiger charge is 2.34. The van der Waals surface area contributed by atoms with Crippen molar-refractivity contribution in [1.29, 1.82) is 0 Å². The molecule has 0 spiro atoms. The van der Waals surface area contributed by atoms with Crippen LogP contribution >= 0.6 is 0 Å². The fourth-order valence-electron chi connectivity index (χ4n) is 2.94. The van der Waals surface area contributed by atoms with Crippen LogP contribution in [0.25, 0.3) is 0 Å². The van der Waals surface area contributed by atoms with Crippen molar-refractivity contribution in [1.82, 2.24) is 10.2 Å². The number of para-hydroxylation sites is 1. The Morgan fingerprint density at radius 1 is 1.27 bits per heavy atom. The number of halogens is 1. The molecular weight excluding hydrogens is 279 g/mol. The molecule has 2 atom stereocenters. The van der Waals surface area contributed by atoms with Crippen LogP contribution in [0.4, 0.5) is 10.1 Å². The van der Waals surface area contributed by atoms with Crippen molar-refractivity contribution in [3.8, 4) is 0 Å². The van der Waals surface area contributed by atoms with Gasteiger partial charge in [0.25, 0.3) is 0 Å². The van der Waals surface area contributed by atoms with Crippen LogP contribution in [0.15, 0.2) is 29.3 Å². The lowest BCUT2D eigenvalue weighted by Gasteiger charge is -2.38. The van der Waals surface area contributed by atoms with Gasteiger partial charge in [-0.25, -0.2) is 4.39 Å². The van der Waals surface area contributed by atoms with E-state index in [9.17, 15) is 4.39 Å². The second-order valence-corrected chi connectivity index (χ2v) is 6.19. The number of nitrogens with one attached hydrogen (secondary N) is 1. The summed E-state index contributed by atoms with van der Waals surface area (Å²) in [6.45, 7) is 8.52. The van der Waals surface area contributed by atoms with Crippen molar-refractivity contribution < 1.29 is 4.39 Å². The van der Waals surface area contributed by atoms with Gasteiger partial charge in [-0.2, -0.15) is 0 Å². The Hall–Kier alpha value is -1.78. The third kappa shape index (κ3) is 3.34. The molecule has 0 amide bonds. The predicted octanol–water partition coefficient (Wildman–Crippen LogP) is 2.32. The van der Waals surface area contributed by atoms with Gasteiger partial charge in [0.15, 0.2) is 5.96 Å². The van der Waals surface area contributed by atoms with Crippen LogP contribution in [0.3, 0.4) is 0 Å². The van der Waals surface area contributed by atoms with Crippen LogP contribution in [0, 0.1) is 11.7 Å². The van der Waals surface area contributed by atoms with E-state index in [1.54, 1.807) is 6.07 Å². The average Bonchev–Trinajstić information content (AvgIpc) is 3.23. The third-order valence-electron chi connectivity index (χ3n) is 4.50. The fraction of sp³-hybridized carbons (Fsp3) is 0.588. The van der Waals surface area contributed by atoms with Crippen LogP contribution in [0.5, 0.6) is 0 Å². The second kappa shape index (κ2) is 6.55. The Kier molecular flexibility index (Phi) is 4.50. The molecular formula is C17H25FN4. The average molecular weight is 304 g/mol. The third-order valence-corrected chi connectivity index (χ3v) is 4.50. The summed E-state index contributed by atoms with van der Waals surface area (Å²) in [4.78, 5) is 9.03. The van der Waals surface area contributed by atoms with E-state index in [1.165, 1.54) is 12.5 Å². The molecule has 0 aromatic heterocycles. The Labute approximate surface area is 132 Å². The normalized spacial score (nSPS) is 25.3. The first-order valence-electron chi connectivity index (χ1n) is 8.24. The first kappa shape index (κ1) is 15.1. The van der Waals surface area contributed by atoms with E-state index in [4.69, 9.17) is 0 Å². The minimum Gasteiger partial charge on any atom is -0.366 e. The van der Waals surface area contributed by atoms with E-state index < -0.39 is 0 Å². The number of benzene rings is 1. The molecule has 1 N–H and O–H groups in total. The lowest BCUT2D eigenvalue weighted by atomic mass is 10.2. The zero-order chi connectivity index (χ0) is 15.5. The number of anilines is 1. The lowest BCUT2D eigenvalue weighted by Crippen LogP contribution is -2.53. The van der Waals surface area contributed by atoms with E-state index >= 15 is 0 Å². The minimum absolute atomic E-state index is 0.136. The largest absolute Gasteiger partial charge is 0.366 e. The van der Waals surface area contributed by atoms with E-state index in [0.717, 1.165) is 44.6 Å². The summed E-state index contributed by atoms with van der Waals surface area (Å²) in [5.74, 6) is 1.63. The van der Waals surface area contributed by atoms with Gasteiger partial charge in [0.2, 0.25) is 0 Å². The Bertz CT molecular complexity index is 537. The highest BCUT2D eigenvalue weighted by molar-refractivity contribution is 5.81. The van der Waals surface area contributed by atoms with Gasteiger partial charge in [0, 0.05) is 38.8 Å². The van der Waals surface area contributed by atoms with Gasteiger partial charge >= 0.3 is 0 Å². The molecule has 2 fully saturated rings. The molecule has 1 heterocycles. The van der Waals surface area contributed by atoms with Crippen molar-refractivity contribution in [2.45, 2.75) is 26.3 Å². The van der Waals surface area contributed by atoms with Gasteiger partial charge in [-0.1, -0.05) is 19.1 Å². The van der Waals surface area contributed by atoms with Crippen molar-refractivity contribution >= 4 is 11.6 Å². The van der Waals surface area contributed by atoms with Crippen molar-refractivity contribution in [3.05, 3.63) is 30.1 Å². The van der Waals surface area contributed by atoms with Crippen LogP contribution < -0.4 is 10.2 Å². The Morgan fingerprint density at radius 3 is 2.55 bits per heavy atom. The molecule has 1 aromatic carbocycles. The summed E-state index contributed by atoms with van der Waals surface area (Å²) in [5.41, 5.74) is 0.708. The SMILES string of the molecule is CCN=C(NC1CC1C)N1CCN(c2ccccc2F)CC1. The first-order chi connectivity index (χ1) is 10.7. The summed E-state index contributed by atoms with van der Waals surface area (Å²) < 4.78 is 13.9. The molecule has 120 valence electrons. The van der Waals surface area contributed by atoms with E-state index in [-0.39, 0.29) is 5.82 Å².